The number of hydrogen-bond donors (Lipinski definition) is 0. The molecule has 0 amide bonds. The lowest BCUT2D eigenvalue weighted by Crippen LogP contribution is -2.10. The maximum Gasteiger partial charge on any atom is 0.200 e. The van der Waals surface area contributed by atoms with E-state index in [1.165, 1.54) is 11.8 Å². The van der Waals surface area contributed by atoms with Crippen LogP contribution in [0.5, 0.6) is 0 Å². The molecule has 0 radical (unpaired) electrons. The number of nitrogens with zero attached hydrogens (tertiary/aromatic N) is 5. The second-order valence-electron chi connectivity index (χ2n) is 7.92. The van der Waals surface area contributed by atoms with Gasteiger partial charge < -0.3 is 8.94 Å². The van der Waals surface area contributed by atoms with Crippen molar-refractivity contribution >= 4 is 17.5 Å². The molecule has 0 saturated carbocycles. The second kappa shape index (κ2) is 8.58. The van der Waals surface area contributed by atoms with Crippen LogP contribution in [0.15, 0.2) is 44.6 Å². The molecule has 4 rings (SSSR count). The molecule has 0 aliphatic carbocycles. The van der Waals surface area contributed by atoms with E-state index < -0.39 is 0 Å². The Bertz CT molecular complexity index is 1200. The maximum absolute atomic E-state index is 13.1. The number of rotatable bonds is 8. The van der Waals surface area contributed by atoms with Gasteiger partial charge in [-0.05, 0) is 44.9 Å². The second-order valence-corrected chi connectivity index (χ2v) is 8.86. The van der Waals surface area contributed by atoms with Crippen molar-refractivity contribution in [2.24, 2.45) is 5.92 Å². The number of aromatic nitrogens is 5. The molecule has 0 atom stereocenters. The Kier molecular flexibility index (Phi) is 5.86. The largest absolute Gasteiger partial charge is 0.461 e. The summed E-state index contributed by atoms with van der Waals surface area (Å²) in [6, 6.07) is 7.44. The highest BCUT2D eigenvalue weighted by atomic mass is 32.2. The van der Waals surface area contributed by atoms with E-state index in [1.807, 2.05) is 54.2 Å². The minimum atomic E-state index is 0.0308. The molecule has 0 aliphatic rings. The predicted molar refractivity (Wildman–Crippen MR) is 118 cm³/mol. The molecule has 0 saturated heterocycles. The van der Waals surface area contributed by atoms with E-state index in [2.05, 4.69) is 29.2 Å². The van der Waals surface area contributed by atoms with Gasteiger partial charge in [0.1, 0.15) is 5.76 Å². The average molecular weight is 440 g/mol. The van der Waals surface area contributed by atoms with Crippen molar-refractivity contribution in [3.05, 3.63) is 53.2 Å². The van der Waals surface area contributed by atoms with Crippen LogP contribution in [0.2, 0.25) is 0 Å². The maximum atomic E-state index is 13.1. The van der Waals surface area contributed by atoms with Crippen molar-refractivity contribution in [1.29, 1.82) is 0 Å². The number of ketones is 1. The normalized spacial score (nSPS) is 11.5. The molecule has 0 bridgehead atoms. The Labute approximate surface area is 184 Å². The highest BCUT2D eigenvalue weighted by molar-refractivity contribution is 7.99. The van der Waals surface area contributed by atoms with Gasteiger partial charge in [-0.2, -0.15) is 0 Å². The molecule has 0 unspecified atom stereocenters. The van der Waals surface area contributed by atoms with Gasteiger partial charge in [-0.25, -0.2) is 0 Å². The summed E-state index contributed by atoms with van der Waals surface area (Å²) in [6.07, 6.45) is 1.62. The van der Waals surface area contributed by atoms with Gasteiger partial charge in [0.2, 0.25) is 0 Å². The first kappa shape index (κ1) is 21.2. The summed E-state index contributed by atoms with van der Waals surface area (Å²) in [5.41, 5.74) is 2.45. The standard InChI is InChI=1S/C22H25N5O3S/c1-13(2)11-26-21(19-7-6-8-29-19)23-24-22(26)31-12-18(28)17-9-14(3)27(16(17)5)20-10-15(4)30-25-20/h6-10,13H,11-12H2,1-5H3. The van der Waals surface area contributed by atoms with E-state index in [-0.39, 0.29) is 11.5 Å². The molecule has 8 nitrogen and oxygen atoms in total. The minimum absolute atomic E-state index is 0.0308. The van der Waals surface area contributed by atoms with Gasteiger partial charge in [0.15, 0.2) is 28.3 Å². The Morgan fingerprint density at radius 3 is 2.65 bits per heavy atom. The first-order valence-corrected chi connectivity index (χ1v) is 11.1. The topological polar surface area (TPSA) is 91.9 Å². The van der Waals surface area contributed by atoms with E-state index in [0.717, 1.165) is 23.7 Å². The Morgan fingerprint density at radius 2 is 2.00 bits per heavy atom. The number of carbonyl (C=O) groups excluding carboxylic acids is 1. The molecule has 31 heavy (non-hydrogen) atoms. The van der Waals surface area contributed by atoms with Crippen molar-refractivity contribution in [2.45, 2.75) is 46.3 Å². The fourth-order valence-electron chi connectivity index (χ4n) is 3.58. The Balaban J connectivity index is 1.56. The van der Waals surface area contributed by atoms with Crippen molar-refractivity contribution in [2.75, 3.05) is 5.75 Å². The van der Waals surface area contributed by atoms with E-state index in [9.17, 15) is 4.79 Å². The first-order chi connectivity index (χ1) is 14.8. The number of hydrogen-bond acceptors (Lipinski definition) is 7. The molecule has 9 heteroatoms. The summed E-state index contributed by atoms with van der Waals surface area (Å²) in [4.78, 5) is 13.1. The molecular weight excluding hydrogens is 414 g/mol. The molecule has 0 N–H and O–H groups in total. The third kappa shape index (κ3) is 4.23. The molecule has 4 aromatic rings. The van der Waals surface area contributed by atoms with E-state index in [1.54, 1.807) is 6.26 Å². The van der Waals surface area contributed by atoms with Crippen LogP contribution in [0, 0.1) is 26.7 Å². The number of thioether (sulfide) groups is 1. The minimum Gasteiger partial charge on any atom is -0.461 e. The molecular formula is C22H25N5O3S. The average Bonchev–Trinajstić information content (AvgIpc) is 3.48. The molecule has 4 heterocycles. The molecule has 0 aliphatic heterocycles. The third-order valence-electron chi connectivity index (χ3n) is 4.91. The van der Waals surface area contributed by atoms with Gasteiger partial charge in [0.25, 0.3) is 0 Å². The van der Waals surface area contributed by atoms with Crippen LogP contribution in [0.1, 0.15) is 41.4 Å². The van der Waals surface area contributed by atoms with Crippen LogP contribution in [-0.2, 0) is 6.54 Å². The van der Waals surface area contributed by atoms with Crippen LogP contribution in [0.3, 0.4) is 0 Å². The van der Waals surface area contributed by atoms with Gasteiger partial charge >= 0.3 is 0 Å². The zero-order chi connectivity index (χ0) is 22.1. The first-order valence-electron chi connectivity index (χ1n) is 10.1. The van der Waals surface area contributed by atoms with E-state index in [0.29, 0.717) is 34.0 Å². The van der Waals surface area contributed by atoms with Gasteiger partial charge in [-0.1, -0.05) is 30.8 Å². The molecule has 162 valence electrons. The summed E-state index contributed by atoms with van der Waals surface area (Å²) >= 11 is 1.39. The number of aryl methyl sites for hydroxylation is 2. The Morgan fingerprint density at radius 1 is 1.19 bits per heavy atom. The fraction of sp³-hybridized carbons (Fsp3) is 0.364. The van der Waals surface area contributed by atoms with Crippen LogP contribution < -0.4 is 0 Å². The van der Waals surface area contributed by atoms with E-state index in [4.69, 9.17) is 8.94 Å². The number of carbonyl (C=O) groups is 1. The van der Waals surface area contributed by atoms with Gasteiger partial charge in [-0.15, -0.1) is 10.2 Å². The zero-order valence-electron chi connectivity index (χ0n) is 18.2. The monoisotopic (exact) mass is 439 g/mol. The van der Waals surface area contributed by atoms with Crippen LogP contribution >= 0.6 is 11.8 Å². The SMILES string of the molecule is Cc1cc(-n2c(C)cc(C(=O)CSc3nnc(-c4ccco4)n3CC(C)C)c2C)no1. The highest BCUT2D eigenvalue weighted by Crippen LogP contribution is 2.27. The lowest BCUT2D eigenvalue weighted by atomic mass is 10.2. The molecule has 0 fully saturated rings. The van der Waals surface area contributed by atoms with Gasteiger partial charge in [-0.3, -0.25) is 13.9 Å². The summed E-state index contributed by atoms with van der Waals surface area (Å²) in [6.45, 7) is 10.7. The van der Waals surface area contributed by atoms with Crippen molar-refractivity contribution in [3.63, 3.8) is 0 Å². The quantitative estimate of drug-likeness (QED) is 0.285. The van der Waals surface area contributed by atoms with E-state index >= 15 is 0 Å². The number of furan rings is 1. The summed E-state index contributed by atoms with van der Waals surface area (Å²) in [5, 5.41) is 13.4. The Hall–Kier alpha value is -3.07. The van der Waals surface area contributed by atoms with Crippen LogP contribution in [0.25, 0.3) is 17.4 Å². The third-order valence-corrected chi connectivity index (χ3v) is 5.88. The molecule has 0 aromatic carbocycles. The summed E-state index contributed by atoms with van der Waals surface area (Å²) in [7, 11) is 0. The molecule has 4 aromatic heterocycles. The number of Topliss-reactive ketones (excluding diaryl/α,β-unsaturated/α-hetero) is 1. The van der Waals surface area contributed by atoms with Crippen LogP contribution in [-0.4, -0.2) is 36.0 Å². The summed E-state index contributed by atoms with van der Waals surface area (Å²) in [5.74, 6) is 3.43. The van der Waals surface area contributed by atoms with Crippen molar-refractivity contribution < 1.29 is 13.7 Å². The fourth-order valence-corrected chi connectivity index (χ4v) is 4.41. The van der Waals surface area contributed by atoms with Gasteiger partial charge in [0.05, 0.1) is 12.0 Å². The summed E-state index contributed by atoms with van der Waals surface area (Å²) < 4.78 is 14.7. The lowest BCUT2D eigenvalue weighted by Gasteiger charge is -2.11. The van der Waals surface area contributed by atoms with Crippen molar-refractivity contribution in [1.82, 2.24) is 24.5 Å². The molecule has 0 spiro atoms. The lowest BCUT2D eigenvalue weighted by molar-refractivity contribution is 0.102. The smallest absolute Gasteiger partial charge is 0.200 e. The highest BCUT2D eigenvalue weighted by Gasteiger charge is 2.21. The van der Waals surface area contributed by atoms with Crippen molar-refractivity contribution in [3.8, 4) is 17.4 Å². The predicted octanol–water partition coefficient (Wildman–Crippen LogP) is 4.87. The zero-order valence-corrected chi connectivity index (χ0v) is 19.1. The van der Waals surface area contributed by atoms with Gasteiger partial charge in [0, 0.05) is 29.6 Å². The van der Waals surface area contributed by atoms with Crippen LogP contribution in [0.4, 0.5) is 0 Å².